The maximum Gasteiger partial charge on any atom is 0.328 e. The van der Waals surface area contributed by atoms with E-state index in [9.17, 15) is 14.0 Å². The van der Waals surface area contributed by atoms with Crippen molar-refractivity contribution < 1.29 is 18.7 Å². The molecular formula is C23H22ClFN4O3. The Morgan fingerprint density at radius 3 is 2.84 bits per heavy atom. The molecule has 32 heavy (non-hydrogen) atoms. The molecule has 1 aliphatic rings. The summed E-state index contributed by atoms with van der Waals surface area (Å²) in [5.41, 5.74) is 2.48. The molecule has 9 heteroatoms. The molecular weight excluding hydrogens is 435 g/mol. The van der Waals surface area contributed by atoms with Gasteiger partial charge in [0.05, 0.1) is 19.1 Å². The van der Waals surface area contributed by atoms with Crippen LogP contribution in [0, 0.1) is 5.82 Å². The predicted octanol–water partition coefficient (Wildman–Crippen LogP) is 3.64. The summed E-state index contributed by atoms with van der Waals surface area (Å²) in [4.78, 5) is 34.6. The highest BCUT2D eigenvalue weighted by Gasteiger charge is 2.37. The molecule has 0 radical (unpaired) electrons. The van der Waals surface area contributed by atoms with Gasteiger partial charge < -0.3 is 19.9 Å². The van der Waals surface area contributed by atoms with Crippen LogP contribution < -0.4 is 5.32 Å². The fraction of sp³-hybridized carbons (Fsp3) is 0.261. The van der Waals surface area contributed by atoms with Gasteiger partial charge in [-0.25, -0.2) is 19.0 Å². The van der Waals surface area contributed by atoms with Gasteiger partial charge in [0, 0.05) is 35.7 Å². The molecule has 1 aromatic heterocycles. The first kappa shape index (κ1) is 21.8. The molecule has 3 aromatic rings. The van der Waals surface area contributed by atoms with Crippen molar-refractivity contribution in [1.29, 1.82) is 0 Å². The number of H-pyrrole nitrogens is 1. The summed E-state index contributed by atoms with van der Waals surface area (Å²) in [7, 11) is 1.27. The van der Waals surface area contributed by atoms with Gasteiger partial charge in [-0.1, -0.05) is 41.9 Å². The third-order valence-electron chi connectivity index (χ3n) is 5.50. The number of nitrogens with zero attached hydrogens (tertiary/aromatic N) is 2. The molecule has 0 fully saturated rings. The van der Waals surface area contributed by atoms with Crippen LogP contribution in [0.5, 0.6) is 0 Å². The molecule has 2 aromatic carbocycles. The summed E-state index contributed by atoms with van der Waals surface area (Å²) < 4.78 is 19.7. The molecule has 0 bridgehead atoms. The van der Waals surface area contributed by atoms with E-state index in [1.54, 1.807) is 0 Å². The van der Waals surface area contributed by atoms with Crippen LogP contribution in [-0.4, -0.2) is 46.6 Å². The molecule has 2 amide bonds. The van der Waals surface area contributed by atoms with Crippen LogP contribution >= 0.6 is 11.6 Å². The predicted molar refractivity (Wildman–Crippen MR) is 117 cm³/mol. The van der Waals surface area contributed by atoms with E-state index in [0.29, 0.717) is 23.7 Å². The number of aromatic amines is 1. The Morgan fingerprint density at radius 1 is 1.31 bits per heavy atom. The van der Waals surface area contributed by atoms with E-state index in [-0.39, 0.29) is 12.0 Å². The highest BCUT2D eigenvalue weighted by Crippen LogP contribution is 2.35. The number of halogens is 2. The fourth-order valence-electron chi connectivity index (χ4n) is 3.95. The van der Waals surface area contributed by atoms with Crippen molar-refractivity contribution in [3.63, 3.8) is 0 Å². The van der Waals surface area contributed by atoms with Crippen molar-refractivity contribution in [3.05, 3.63) is 88.2 Å². The Kier molecular flexibility index (Phi) is 6.41. The standard InChI is InChI=1S/C23H22ClFN4O3/c1-32-22(30)19(11-14-5-3-2-4-6-14)28-23(31)29-10-9-18-20(27-13-26-18)21(29)16-12-15(24)7-8-17(16)25/h2-8,12-13,19,21H,9-11H2,1H3,(H,26,27)(H,28,31)/t19-,21+/m0/s1. The van der Waals surface area contributed by atoms with E-state index in [1.165, 1.54) is 36.5 Å². The minimum absolute atomic E-state index is 0.235. The van der Waals surface area contributed by atoms with Gasteiger partial charge in [0.15, 0.2) is 0 Å². The summed E-state index contributed by atoms with van der Waals surface area (Å²) in [5.74, 6) is -1.06. The first-order chi connectivity index (χ1) is 15.5. The number of imidazole rings is 1. The summed E-state index contributed by atoms with van der Waals surface area (Å²) in [5, 5.41) is 3.11. The maximum atomic E-state index is 14.8. The lowest BCUT2D eigenvalue weighted by Gasteiger charge is -2.36. The first-order valence-electron chi connectivity index (χ1n) is 10.1. The lowest BCUT2D eigenvalue weighted by atomic mass is 9.95. The Bertz CT molecular complexity index is 1120. The number of carbonyl (C=O) groups is 2. The number of carbonyl (C=O) groups excluding carboxylic acids is 2. The van der Waals surface area contributed by atoms with Gasteiger partial charge in [-0.05, 0) is 23.8 Å². The van der Waals surface area contributed by atoms with Crippen LogP contribution in [-0.2, 0) is 22.4 Å². The minimum atomic E-state index is -0.902. The average Bonchev–Trinajstić information content (AvgIpc) is 3.28. The van der Waals surface area contributed by atoms with Gasteiger partial charge in [-0.2, -0.15) is 0 Å². The minimum Gasteiger partial charge on any atom is -0.467 e. The SMILES string of the molecule is COC(=O)[C@H](Cc1ccccc1)NC(=O)N1CCc2[nH]cnc2[C@H]1c1cc(Cl)ccc1F. The number of nitrogens with one attached hydrogen (secondary N) is 2. The number of methoxy groups -OCH3 is 1. The number of benzene rings is 2. The number of amides is 2. The topological polar surface area (TPSA) is 87.3 Å². The van der Waals surface area contributed by atoms with Gasteiger partial charge in [-0.3, -0.25) is 0 Å². The number of rotatable bonds is 5. The molecule has 2 heterocycles. The highest BCUT2D eigenvalue weighted by molar-refractivity contribution is 6.30. The van der Waals surface area contributed by atoms with Gasteiger partial charge in [-0.15, -0.1) is 0 Å². The number of fused-ring (bicyclic) bond motifs is 1. The molecule has 0 unspecified atom stereocenters. The zero-order valence-electron chi connectivity index (χ0n) is 17.3. The number of urea groups is 1. The number of esters is 1. The second kappa shape index (κ2) is 9.40. The largest absolute Gasteiger partial charge is 0.467 e. The van der Waals surface area contributed by atoms with E-state index in [4.69, 9.17) is 16.3 Å². The zero-order chi connectivity index (χ0) is 22.7. The summed E-state index contributed by atoms with van der Waals surface area (Å²) >= 11 is 6.12. The molecule has 2 N–H and O–H groups in total. The zero-order valence-corrected chi connectivity index (χ0v) is 18.1. The van der Waals surface area contributed by atoms with Crippen molar-refractivity contribution in [3.8, 4) is 0 Å². The van der Waals surface area contributed by atoms with Crippen LogP contribution in [0.15, 0.2) is 54.9 Å². The number of hydrogen-bond acceptors (Lipinski definition) is 4. The highest BCUT2D eigenvalue weighted by atomic mass is 35.5. The second-order valence-electron chi connectivity index (χ2n) is 7.49. The molecule has 1 aliphatic heterocycles. The van der Waals surface area contributed by atoms with Crippen molar-refractivity contribution >= 4 is 23.6 Å². The van der Waals surface area contributed by atoms with Crippen LogP contribution in [0.1, 0.15) is 28.6 Å². The lowest BCUT2D eigenvalue weighted by Crippen LogP contribution is -2.52. The smallest absolute Gasteiger partial charge is 0.328 e. The monoisotopic (exact) mass is 456 g/mol. The normalized spacial score (nSPS) is 16.2. The molecule has 0 aliphatic carbocycles. The van der Waals surface area contributed by atoms with E-state index in [1.807, 2.05) is 30.3 Å². The number of ether oxygens (including phenoxy) is 1. The molecule has 0 spiro atoms. The van der Waals surface area contributed by atoms with Gasteiger partial charge >= 0.3 is 12.0 Å². The van der Waals surface area contributed by atoms with Crippen molar-refractivity contribution in [1.82, 2.24) is 20.2 Å². The van der Waals surface area contributed by atoms with Crippen LogP contribution in [0.2, 0.25) is 5.02 Å². The second-order valence-corrected chi connectivity index (χ2v) is 7.93. The summed E-state index contributed by atoms with van der Waals surface area (Å²) in [6.07, 6.45) is 2.30. The molecule has 2 atom stereocenters. The Hall–Kier alpha value is -3.39. The Labute approximate surface area is 189 Å². The quantitative estimate of drug-likeness (QED) is 0.574. The fourth-order valence-corrected chi connectivity index (χ4v) is 4.13. The third-order valence-corrected chi connectivity index (χ3v) is 5.74. The van der Waals surface area contributed by atoms with Gasteiger partial charge in [0.1, 0.15) is 17.9 Å². The average molecular weight is 457 g/mol. The van der Waals surface area contributed by atoms with Gasteiger partial charge in [0.2, 0.25) is 0 Å². The van der Waals surface area contributed by atoms with E-state index >= 15 is 0 Å². The number of aromatic nitrogens is 2. The summed E-state index contributed by atoms with van der Waals surface area (Å²) in [6, 6.07) is 11.3. The molecule has 0 saturated heterocycles. The van der Waals surface area contributed by atoms with Crippen molar-refractivity contribution in [2.24, 2.45) is 0 Å². The molecule has 166 valence electrons. The van der Waals surface area contributed by atoms with E-state index in [2.05, 4.69) is 15.3 Å². The molecule has 4 rings (SSSR count). The first-order valence-corrected chi connectivity index (χ1v) is 10.5. The molecule has 0 saturated carbocycles. The maximum absolute atomic E-state index is 14.8. The van der Waals surface area contributed by atoms with Gasteiger partial charge in [0.25, 0.3) is 0 Å². The van der Waals surface area contributed by atoms with E-state index < -0.39 is 29.9 Å². The van der Waals surface area contributed by atoms with Crippen LogP contribution in [0.3, 0.4) is 0 Å². The van der Waals surface area contributed by atoms with Crippen LogP contribution in [0.4, 0.5) is 9.18 Å². The van der Waals surface area contributed by atoms with Crippen LogP contribution in [0.25, 0.3) is 0 Å². The van der Waals surface area contributed by atoms with E-state index in [0.717, 1.165) is 11.3 Å². The lowest BCUT2D eigenvalue weighted by molar-refractivity contribution is -0.142. The Balaban J connectivity index is 1.64. The molecule has 7 nitrogen and oxygen atoms in total. The number of hydrogen-bond donors (Lipinski definition) is 2. The summed E-state index contributed by atoms with van der Waals surface area (Å²) in [6.45, 7) is 0.302. The Morgan fingerprint density at radius 2 is 2.09 bits per heavy atom. The third kappa shape index (κ3) is 4.45. The van der Waals surface area contributed by atoms with Crippen molar-refractivity contribution in [2.45, 2.75) is 24.9 Å². The van der Waals surface area contributed by atoms with Crippen molar-refractivity contribution in [2.75, 3.05) is 13.7 Å².